The molecule has 0 saturated carbocycles. The first-order chi connectivity index (χ1) is 13.6. The van der Waals surface area contributed by atoms with Crippen LogP contribution >= 0.6 is 27.3 Å². The van der Waals surface area contributed by atoms with Crippen LogP contribution in [-0.4, -0.2) is 21.7 Å². The molecule has 4 rings (SSSR count). The summed E-state index contributed by atoms with van der Waals surface area (Å²) in [5.74, 6) is -1.32. The van der Waals surface area contributed by atoms with E-state index in [4.69, 9.17) is 0 Å². The van der Waals surface area contributed by atoms with Gasteiger partial charge < -0.3 is 10.0 Å². The Morgan fingerprint density at radius 2 is 1.86 bits per heavy atom. The Morgan fingerprint density at radius 1 is 1.07 bits per heavy atom. The first-order valence-electron chi connectivity index (χ1n) is 8.68. The minimum absolute atomic E-state index is 0.126. The Balaban J connectivity index is 1.81. The molecule has 0 fully saturated rings. The third-order valence-electron chi connectivity index (χ3n) is 4.65. The fourth-order valence-corrected chi connectivity index (χ4v) is 4.49. The number of hydrogen-bond donors (Lipinski definition) is 1. The molecule has 1 N–H and O–H groups in total. The Bertz CT molecular complexity index is 1060. The standard InChI is InChI=1S/C22H16BrNO3S/c23-16-9-4-8-15(12-16)19-18(20(25)17-10-5-11-28-17)21(26)22(27)24(19)13-14-6-2-1-3-7-14/h1-12,19,26H,13H2. The maximum Gasteiger partial charge on any atom is 0.290 e. The second kappa shape index (κ2) is 7.73. The van der Waals surface area contributed by atoms with Gasteiger partial charge in [-0.3, -0.25) is 9.59 Å². The van der Waals surface area contributed by atoms with Crippen molar-refractivity contribution in [3.05, 3.63) is 104 Å². The predicted molar refractivity (Wildman–Crippen MR) is 112 cm³/mol. The molecular formula is C22H16BrNO3S. The summed E-state index contributed by atoms with van der Waals surface area (Å²) in [7, 11) is 0. The van der Waals surface area contributed by atoms with Crippen LogP contribution < -0.4 is 0 Å². The molecule has 2 heterocycles. The van der Waals surface area contributed by atoms with E-state index in [0.717, 1.165) is 15.6 Å². The molecule has 0 spiro atoms. The number of rotatable bonds is 5. The lowest BCUT2D eigenvalue weighted by atomic mass is 9.95. The molecule has 0 aliphatic carbocycles. The predicted octanol–water partition coefficient (Wildman–Crippen LogP) is 5.29. The number of aliphatic hydroxyl groups excluding tert-OH is 1. The van der Waals surface area contributed by atoms with Crippen molar-refractivity contribution in [2.24, 2.45) is 0 Å². The average Bonchev–Trinajstić information content (AvgIpc) is 3.32. The van der Waals surface area contributed by atoms with E-state index < -0.39 is 17.7 Å². The molecule has 1 aliphatic rings. The summed E-state index contributed by atoms with van der Waals surface area (Å²) in [5.41, 5.74) is 1.82. The van der Waals surface area contributed by atoms with E-state index in [1.54, 1.807) is 22.4 Å². The highest BCUT2D eigenvalue weighted by Crippen LogP contribution is 2.40. The molecule has 1 aromatic heterocycles. The Labute approximate surface area is 174 Å². The number of ketones is 1. The van der Waals surface area contributed by atoms with E-state index >= 15 is 0 Å². The van der Waals surface area contributed by atoms with Crippen molar-refractivity contribution < 1.29 is 14.7 Å². The average molecular weight is 454 g/mol. The van der Waals surface area contributed by atoms with Crippen LogP contribution in [0.5, 0.6) is 0 Å². The maximum atomic E-state index is 13.1. The van der Waals surface area contributed by atoms with E-state index in [9.17, 15) is 14.7 Å². The number of amides is 1. The highest BCUT2D eigenvalue weighted by molar-refractivity contribution is 9.10. The molecule has 140 valence electrons. The number of nitrogens with zero attached hydrogens (tertiary/aromatic N) is 1. The van der Waals surface area contributed by atoms with Crippen LogP contribution in [0.15, 0.2) is 87.9 Å². The number of benzene rings is 2. The molecule has 1 amide bonds. The monoisotopic (exact) mass is 453 g/mol. The highest BCUT2D eigenvalue weighted by Gasteiger charge is 2.43. The van der Waals surface area contributed by atoms with Gasteiger partial charge in [0, 0.05) is 11.0 Å². The van der Waals surface area contributed by atoms with E-state index in [2.05, 4.69) is 15.9 Å². The zero-order chi connectivity index (χ0) is 19.7. The first-order valence-corrected chi connectivity index (χ1v) is 10.3. The van der Waals surface area contributed by atoms with E-state index in [-0.39, 0.29) is 11.4 Å². The van der Waals surface area contributed by atoms with Crippen molar-refractivity contribution in [1.29, 1.82) is 0 Å². The van der Waals surface area contributed by atoms with Gasteiger partial charge in [0.05, 0.1) is 16.5 Å². The third kappa shape index (κ3) is 3.41. The molecule has 28 heavy (non-hydrogen) atoms. The molecule has 1 unspecified atom stereocenters. The van der Waals surface area contributed by atoms with Gasteiger partial charge in [0.1, 0.15) is 0 Å². The highest BCUT2D eigenvalue weighted by atomic mass is 79.9. The lowest BCUT2D eigenvalue weighted by Gasteiger charge is -2.27. The van der Waals surface area contributed by atoms with Crippen molar-refractivity contribution in [2.45, 2.75) is 12.6 Å². The molecular weight excluding hydrogens is 438 g/mol. The summed E-state index contributed by atoms with van der Waals surface area (Å²) in [6, 6.07) is 19.8. The molecule has 2 aromatic carbocycles. The number of aliphatic hydroxyl groups is 1. The molecule has 0 saturated heterocycles. The molecule has 3 aromatic rings. The molecule has 0 radical (unpaired) electrons. The normalized spacial score (nSPS) is 16.7. The summed E-state index contributed by atoms with van der Waals surface area (Å²) in [5, 5.41) is 12.4. The van der Waals surface area contributed by atoms with E-state index in [1.165, 1.54) is 11.3 Å². The van der Waals surface area contributed by atoms with Crippen molar-refractivity contribution >= 4 is 39.0 Å². The number of thiophene rings is 1. The van der Waals surface area contributed by atoms with Gasteiger partial charge in [0.2, 0.25) is 5.78 Å². The van der Waals surface area contributed by atoms with Crippen LogP contribution in [0.1, 0.15) is 26.8 Å². The zero-order valence-electron chi connectivity index (χ0n) is 14.7. The lowest BCUT2D eigenvalue weighted by Crippen LogP contribution is -2.30. The van der Waals surface area contributed by atoms with Gasteiger partial charge in [-0.2, -0.15) is 0 Å². The number of hydrogen-bond acceptors (Lipinski definition) is 4. The minimum atomic E-state index is -0.653. The quantitative estimate of drug-likeness (QED) is 0.533. The van der Waals surface area contributed by atoms with Crippen LogP contribution in [-0.2, 0) is 11.3 Å². The van der Waals surface area contributed by atoms with E-state index in [0.29, 0.717) is 11.4 Å². The van der Waals surface area contributed by atoms with Crippen LogP contribution in [0.25, 0.3) is 0 Å². The van der Waals surface area contributed by atoms with Gasteiger partial charge in [-0.1, -0.05) is 64.5 Å². The maximum absolute atomic E-state index is 13.1. The van der Waals surface area contributed by atoms with Gasteiger partial charge in [-0.25, -0.2) is 0 Å². The van der Waals surface area contributed by atoms with Crippen LogP contribution in [0.3, 0.4) is 0 Å². The fraction of sp³-hybridized carbons (Fsp3) is 0.0909. The van der Waals surface area contributed by atoms with Crippen molar-refractivity contribution in [1.82, 2.24) is 4.90 Å². The van der Waals surface area contributed by atoms with Crippen molar-refractivity contribution in [2.75, 3.05) is 0 Å². The number of carbonyl (C=O) groups excluding carboxylic acids is 2. The summed E-state index contributed by atoms with van der Waals surface area (Å²) in [6.45, 7) is 0.294. The van der Waals surface area contributed by atoms with Gasteiger partial charge in [-0.15, -0.1) is 11.3 Å². The number of Topliss-reactive ketones (excluding diaryl/α,β-unsaturated/α-hetero) is 1. The number of carbonyl (C=O) groups is 2. The molecule has 1 aliphatic heterocycles. The second-order valence-electron chi connectivity index (χ2n) is 6.44. The van der Waals surface area contributed by atoms with E-state index in [1.807, 2.05) is 54.6 Å². The van der Waals surface area contributed by atoms with Crippen LogP contribution in [0.4, 0.5) is 0 Å². The van der Waals surface area contributed by atoms with Gasteiger partial charge in [0.25, 0.3) is 5.91 Å². The van der Waals surface area contributed by atoms with Crippen LogP contribution in [0, 0.1) is 0 Å². The third-order valence-corrected chi connectivity index (χ3v) is 6.02. The topological polar surface area (TPSA) is 57.6 Å². The lowest BCUT2D eigenvalue weighted by molar-refractivity contribution is -0.130. The molecule has 6 heteroatoms. The van der Waals surface area contributed by atoms with Crippen molar-refractivity contribution in [3.8, 4) is 0 Å². The Morgan fingerprint density at radius 3 is 2.54 bits per heavy atom. The summed E-state index contributed by atoms with van der Waals surface area (Å²) in [6.07, 6.45) is 0. The number of halogens is 1. The second-order valence-corrected chi connectivity index (χ2v) is 8.31. The van der Waals surface area contributed by atoms with Crippen molar-refractivity contribution in [3.63, 3.8) is 0 Å². The van der Waals surface area contributed by atoms with Gasteiger partial charge >= 0.3 is 0 Å². The Hall–Kier alpha value is -2.70. The molecule has 0 bridgehead atoms. The zero-order valence-corrected chi connectivity index (χ0v) is 17.1. The van der Waals surface area contributed by atoms with Gasteiger partial charge in [-0.05, 0) is 34.7 Å². The Kier molecular flexibility index (Phi) is 5.15. The van der Waals surface area contributed by atoms with Crippen LogP contribution in [0.2, 0.25) is 0 Å². The molecule has 4 nitrogen and oxygen atoms in total. The first kappa shape index (κ1) is 18.7. The van der Waals surface area contributed by atoms with Gasteiger partial charge in [0.15, 0.2) is 5.76 Å². The smallest absolute Gasteiger partial charge is 0.290 e. The fourth-order valence-electron chi connectivity index (χ4n) is 3.39. The summed E-state index contributed by atoms with van der Waals surface area (Å²) < 4.78 is 0.839. The minimum Gasteiger partial charge on any atom is -0.503 e. The molecule has 1 atom stereocenters. The summed E-state index contributed by atoms with van der Waals surface area (Å²) in [4.78, 5) is 28.1. The largest absolute Gasteiger partial charge is 0.503 e. The summed E-state index contributed by atoms with van der Waals surface area (Å²) >= 11 is 4.75. The SMILES string of the molecule is O=C(C1=C(O)C(=O)N(Cc2ccccc2)C1c1cccc(Br)c1)c1cccs1.